The van der Waals surface area contributed by atoms with Crippen LogP contribution in [-0.2, 0) is 19.3 Å². The van der Waals surface area contributed by atoms with Crippen molar-refractivity contribution in [2.75, 3.05) is 13.7 Å². The van der Waals surface area contributed by atoms with Gasteiger partial charge in [-0.05, 0) is 97.2 Å². The number of carbonyl (C=O) groups is 1. The molecule has 10 nitrogen and oxygen atoms in total. The first-order valence-corrected chi connectivity index (χ1v) is 18.5. The Balaban J connectivity index is 1.45. The summed E-state index contributed by atoms with van der Waals surface area (Å²) in [5, 5.41) is 56.4. The Labute approximate surface area is 325 Å². The second-order valence-corrected chi connectivity index (χ2v) is 15.2. The van der Waals surface area contributed by atoms with E-state index in [-0.39, 0.29) is 81.6 Å². The van der Waals surface area contributed by atoms with Gasteiger partial charge in [-0.3, -0.25) is 4.79 Å². The van der Waals surface area contributed by atoms with E-state index in [2.05, 4.69) is 0 Å². The normalized spacial score (nSPS) is 15.2. The number of benzene rings is 4. The molecule has 0 amide bonds. The van der Waals surface area contributed by atoms with E-state index in [1.54, 1.807) is 30.3 Å². The highest BCUT2D eigenvalue weighted by molar-refractivity contribution is 6.21. The molecule has 4 aromatic carbocycles. The molecule has 1 aromatic heterocycles. The topological polar surface area (TPSA) is 159 Å². The fraction of sp³-hybridized carbons (Fsp3) is 0.283. The fourth-order valence-corrected chi connectivity index (χ4v) is 7.50. The lowest BCUT2D eigenvalue weighted by atomic mass is 9.84. The highest BCUT2D eigenvalue weighted by atomic mass is 16.5. The summed E-state index contributed by atoms with van der Waals surface area (Å²) in [6, 6.07) is 10.9. The number of hydrogen-bond acceptors (Lipinski definition) is 10. The number of ether oxygens (including phenoxy) is 3. The van der Waals surface area contributed by atoms with E-state index >= 15 is 4.79 Å². The van der Waals surface area contributed by atoms with Crippen molar-refractivity contribution in [3.05, 3.63) is 116 Å². The summed E-state index contributed by atoms with van der Waals surface area (Å²) >= 11 is 0. The molecule has 2 unspecified atom stereocenters. The lowest BCUT2D eigenvalue weighted by molar-refractivity contribution is 0.103. The number of furan rings is 1. The second kappa shape index (κ2) is 14.7. The fourth-order valence-electron chi connectivity index (χ4n) is 7.50. The maximum atomic E-state index is 15.2. The van der Waals surface area contributed by atoms with Crippen LogP contribution in [-0.4, -0.2) is 45.0 Å². The molecule has 5 aromatic rings. The van der Waals surface area contributed by atoms with Crippen LogP contribution in [0.5, 0.6) is 46.0 Å². The molecule has 7 rings (SSSR count). The van der Waals surface area contributed by atoms with Crippen LogP contribution in [0.25, 0.3) is 22.3 Å². The number of fused-ring (bicyclic) bond motifs is 6. The number of phenols is 5. The van der Waals surface area contributed by atoms with E-state index in [9.17, 15) is 25.5 Å². The van der Waals surface area contributed by atoms with E-state index in [0.29, 0.717) is 40.4 Å². The third-order valence-electron chi connectivity index (χ3n) is 10.5. The zero-order chi connectivity index (χ0) is 40.2. The number of carbonyl (C=O) groups excluding carboxylic acids is 1. The van der Waals surface area contributed by atoms with Gasteiger partial charge in [0.05, 0.1) is 36.3 Å². The van der Waals surface area contributed by atoms with E-state index < -0.39 is 23.4 Å². The van der Waals surface area contributed by atoms with Gasteiger partial charge >= 0.3 is 0 Å². The monoisotopic (exact) mass is 758 g/mol. The molecule has 0 saturated heterocycles. The van der Waals surface area contributed by atoms with Crippen molar-refractivity contribution in [2.24, 2.45) is 0 Å². The summed E-state index contributed by atoms with van der Waals surface area (Å²) in [6.45, 7) is 11.9. The third-order valence-corrected chi connectivity index (χ3v) is 10.5. The first-order chi connectivity index (χ1) is 26.7. The van der Waals surface area contributed by atoms with Crippen molar-refractivity contribution < 1.29 is 49.0 Å². The summed E-state index contributed by atoms with van der Waals surface area (Å²) in [7, 11) is 1.47. The van der Waals surface area contributed by atoms with E-state index in [0.717, 1.165) is 22.3 Å². The minimum atomic E-state index is -0.638. The standard InChI is InChI=1S/C46H46O10/c1-22(2)8-12-26-35(47)17-16-30-42(26)54-21-34-31-19-33(39(50)28(13-9-23(3)4)43(31)55-45(30)34)41(52)38-32-20-37(49)40(51)29(14-10-24(5)6)44(32)56-46(38)27-15-11-25(53-7)18-36(27)48/h8-11,15-20,34,45,47-51H,12-14,21H2,1-7H3. The van der Waals surface area contributed by atoms with Crippen molar-refractivity contribution in [3.8, 4) is 57.3 Å². The number of phenolic OH excluding ortho intramolecular Hbond substituents is 5. The van der Waals surface area contributed by atoms with Crippen molar-refractivity contribution in [1.29, 1.82) is 0 Å². The van der Waals surface area contributed by atoms with Crippen LogP contribution in [0.15, 0.2) is 81.8 Å². The van der Waals surface area contributed by atoms with Crippen molar-refractivity contribution in [1.82, 2.24) is 0 Å². The summed E-state index contributed by atoms with van der Waals surface area (Å²) < 4.78 is 24.8. The Morgan fingerprint density at radius 1 is 0.732 bits per heavy atom. The SMILES string of the molecule is COc1ccc(-c2oc3c(CC=C(C)C)c(O)c(O)cc3c2C(=O)c2cc3c(c(CC=C(C)C)c2O)OC2c4ccc(O)c(CC=C(C)C)c4OCC32)c(O)c1. The molecule has 3 heterocycles. The number of rotatable bonds is 10. The van der Waals surface area contributed by atoms with Crippen molar-refractivity contribution in [2.45, 2.75) is 72.8 Å². The Kier molecular flexibility index (Phi) is 10.0. The second-order valence-electron chi connectivity index (χ2n) is 15.2. The van der Waals surface area contributed by atoms with Crippen LogP contribution in [0.2, 0.25) is 0 Å². The average molecular weight is 759 g/mol. The summed E-state index contributed by atoms with van der Waals surface area (Å²) in [4.78, 5) is 15.2. The summed E-state index contributed by atoms with van der Waals surface area (Å²) in [6.07, 6.45) is 6.21. The molecular weight excluding hydrogens is 712 g/mol. The van der Waals surface area contributed by atoms with Gasteiger partial charge in [0.15, 0.2) is 11.5 Å². The molecular formula is C46H46O10. The molecule has 56 heavy (non-hydrogen) atoms. The van der Waals surface area contributed by atoms with Crippen LogP contribution >= 0.6 is 0 Å². The number of hydrogen-bond donors (Lipinski definition) is 5. The number of aromatic hydroxyl groups is 5. The quantitative estimate of drug-likeness (QED) is 0.0527. The van der Waals surface area contributed by atoms with Gasteiger partial charge in [0.2, 0.25) is 5.78 Å². The van der Waals surface area contributed by atoms with Crippen LogP contribution < -0.4 is 14.2 Å². The van der Waals surface area contributed by atoms with Gasteiger partial charge in [-0.1, -0.05) is 34.9 Å². The third kappa shape index (κ3) is 6.59. The number of ketones is 1. The first kappa shape index (κ1) is 38.0. The highest BCUT2D eigenvalue weighted by Crippen LogP contribution is 2.56. The Morgan fingerprint density at radius 2 is 1.39 bits per heavy atom. The number of methoxy groups -OCH3 is 1. The minimum Gasteiger partial charge on any atom is -0.508 e. The zero-order valence-electron chi connectivity index (χ0n) is 32.5. The molecule has 2 atom stereocenters. The van der Waals surface area contributed by atoms with Crippen molar-refractivity contribution in [3.63, 3.8) is 0 Å². The summed E-state index contributed by atoms with van der Waals surface area (Å²) in [5.41, 5.74) is 6.04. The van der Waals surface area contributed by atoms with E-state index in [1.807, 2.05) is 59.8 Å². The lowest BCUT2D eigenvalue weighted by Crippen LogP contribution is -2.24. The van der Waals surface area contributed by atoms with Gasteiger partial charge in [-0.15, -0.1) is 0 Å². The van der Waals surface area contributed by atoms with Gasteiger partial charge in [-0.2, -0.15) is 0 Å². The predicted octanol–water partition coefficient (Wildman–Crippen LogP) is 10.0. The Hall–Kier alpha value is -6.29. The van der Waals surface area contributed by atoms with Crippen LogP contribution in [0.3, 0.4) is 0 Å². The molecule has 0 aliphatic carbocycles. The predicted molar refractivity (Wildman–Crippen MR) is 214 cm³/mol. The van der Waals surface area contributed by atoms with Crippen molar-refractivity contribution >= 4 is 16.8 Å². The molecule has 5 N–H and O–H groups in total. The van der Waals surface area contributed by atoms with Gasteiger partial charge in [0.25, 0.3) is 0 Å². The zero-order valence-corrected chi connectivity index (χ0v) is 32.5. The first-order valence-electron chi connectivity index (χ1n) is 18.5. The maximum Gasteiger partial charge on any atom is 0.201 e. The van der Waals surface area contributed by atoms with Gasteiger partial charge in [-0.25, -0.2) is 0 Å². The molecule has 0 fully saturated rings. The molecule has 0 saturated carbocycles. The highest BCUT2D eigenvalue weighted by Gasteiger charge is 2.44. The molecule has 0 radical (unpaired) electrons. The smallest absolute Gasteiger partial charge is 0.201 e. The Bertz CT molecular complexity index is 2500. The van der Waals surface area contributed by atoms with Gasteiger partial charge < -0.3 is 44.2 Å². The van der Waals surface area contributed by atoms with Crippen LogP contribution in [0.4, 0.5) is 0 Å². The Morgan fingerprint density at radius 3 is 2.04 bits per heavy atom. The van der Waals surface area contributed by atoms with Crippen LogP contribution in [0.1, 0.15) is 97.3 Å². The molecule has 0 bridgehead atoms. The summed E-state index contributed by atoms with van der Waals surface area (Å²) in [5.74, 6) is -0.873. The molecule has 2 aliphatic heterocycles. The largest absolute Gasteiger partial charge is 0.508 e. The van der Waals surface area contributed by atoms with Gasteiger partial charge in [0, 0.05) is 39.3 Å². The molecule has 290 valence electrons. The van der Waals surface area contributed by atoms with Gasteiger partial charge in [0.1, 0.15) is 51.9 Å². The maximum absolute atomic E-state index is 15.2. The average Bonchev–Trinajstić information content (AvgIpc) is 3.71. The molecule has 10 heteroatoms. The van der Waals surface area contributed by atoms with E-state index in [1.165, 1.54) is 19.2 Å². The van der Waals surface area contributed by atoms with E-state index in [4.69, 9.17) is 18.6 Å². The lowest BCUT2D eigenvalue weighted by Gasteiger charge is -2.29. The minimum absolute atomic E-state index is 0.0212. The van der Waals surface area contributed by atoms with Crippen LogP contribution in [0, 0.1) is 0 Å². The number of allylic oxidation sites excluding steroid dienone is 6. The molecule has 0 spiro atoms. The molecule has 2 aliphatic rings.